The van der Waals surface area contributed by atoms with E-state index in [1.165, 1.54) is 48.5 Å². The van der Waals surface area contributed by atoms with Crippen molar-refractivity contribution >= 4 is 47.6 Å². The Balaban J connectivity index is 1.13. The lowest BCUT2D eigenvalue weighted by atomic mass is 10.1. The fraction of sp³-hybridized carbons (Fsp3) is 0.387. The summed E-state index contributed by atoms with van der Waals surface area (Å²) >= 11 is 0. The molecule has 6 N–H and O–H groups in total. The van der Waals surface area contributed by atoms with Gasteiger partial charge in [0.1, 0.15) is 51.0 Å². The largest absolute Gasteiger partial charge is 0.445 e. The van der Waals surface area contributed by atoms with Gasteiger partial charge in [0, 0.05) is 50.4 Å². The van der Waals surface area contributed by atoms with Crippen LogP contribution in [0.2, 0.25) is 0 Å². The van der Waals surface area contributed by atoms with E-state index in [2.05, 4.69) is 31.9 Å². The van der Waals surface area contributed by atoms with Crippen LogP contribution in [0.25, 0.3) is 0 Å². The molecule has 0 spiro atoms. The van der Waals surface area contributed by atoms with Crippen molar-refractivity contribution in [2.24, 2.45) is 0 Å². The molecule has 5 rings (SSSR count). The Kier molecular flexibility index (Phi) is 29.2. The van der Waals surface area contributed by atoms with E-state index in [-0.39, 0.29) is 37.4 Å². The number of alkyl carbamates (subject to hydrolysis) is 2. The third kappa shape index (κ3) is 26.5. The van der Waals surface area contributed by atoms with Crippen molar-refractivity contribution in [3.63, 3.8) is 0 Å². The number of carbonyl (C=O) groups excluding carboxylic acids is 8. The van der Waals surface area contributed by atoms with Crippen molar-refractivity contribution in [3.05, 3.63) is 178 Å². The van der Waals surface area contributed by atoms with Crippen LogP contribution in [0.4, 0.5) is 18.4 Å². The summed E-state index contributed by atoms with van der Waals surface area (Å²) in [6.45, 7) is 0.180. The molecule has 0 atom stereocenters. The van der Waals surface area contributed by atoms with Crippen molar-refractivity contribution < 1.29 is 56.6 Å². The predicted molar refractivity (Wildman–Crippen MR) is 306 cm³/mol. The summed E-state index contributed by atoms with van der Waals surface area (Å²) in [5.74, 6) is -4.45. The van der Waals surface area contributed by atoms with Crippen molar-refractivity contribution in [2.45, 2.75) is 90.3 Å². The van der Waals surface area contributed by atoms with Crippen molar-refractivity contribution in [3.8, 4) is 0 Å². The molecule has 0 fully saturated rings. The molecule has 82 heavy (non-hydrogen) atoms. The Morgan fingerprint density at radius 3 is 1.01 bits per heavy atom. The highest BCUT2D eigenvalue weighted by atomic mass is 19.1. The zero-order chi connectivity index (χ0) is 58.6. The SMILES string of the molecule is O=C(CN(CC(=O)NCCc1ccc(F)cc1)C(=O)c1cccc(C(=O)N(CC(=O)NCCCCCCCNC(=O)OCc2ccccc2)CC(=O)NCCc2ccc(F)cc2)c1)NCCCCCCCNC(=O)OCc1ccccc1. The van der Waals surface area contributed by atoms with Gasteiger partial charge in [-0.1, -0.05) is 130 Å². The number of rotatable bonds is 36. The topological polar surface area (TPSA) is 234 Å². The predicted octanol–water partition coefficient (Wildman–Crippen LogP) is 7.55. The summed E-state index contributed by atoms with van der Waals surface area (Å²) in [5.41, 5.74) is 3.25. The number of nitrogens with one attached hydrogen (secondary N) is 6. The van der Waals surface area contributed by atoms with Gasteiger partial charge in [-0.15, -0.1) is 0 Å². The Morgan fingerprint density at radius 2 is 0.659 bits per heavy atom. The first kappa shape index (κ1) is 64.1. The first-order chi connectivity index (χ1) is 39.8. The van der Waals surface area contributed by atoms with Crippen LogP contribution >= 0.6 is 0 Å². The van der Waals surface area contributed by atoms with Gasteiger partial charge in [0.15, 0.2) is 0 Å². The summed E-state index contributed by atoms with van der Waals surface area (Å²) in [6.07, 6.45) is 7.47. The standard InChI is InChI=1S/C62H76F2N8O10/c63-53-28-24-47(25-29-53)32-38-67-57(75)43-71(41-55(73)65-34-13-3-1-5-15-36-69-61(79)81-45-49-18-9-7-10-19-49)59(77)51-22-17-23-52(40-51)60(78)72(44-58(76)68-39-33-48-26-30-54(64)31-27-48)42-56(74)66-35-14-4-2-6-16-37-70-62(80)82-46-50-20-11-8-12-21-50/h7-12,17-31,40H,1-6,13-16,32-39,41-46H2,(H,65,73)(H,66,74)(H,67,75)(H,68,76)(H,69,79)(H,70,80). The van der Waals surface area contributed by atoms with Crippen LogP contribution in [-0.2, 0) is 54.7 Å². The number of nitrogens with zero attached hydrogens (tertiary/aromatic N) is 2. The number of halogens is 2. The van der Waals surface area contributed by atoms with Crippen LogP contribution in [0, 0.1) is 11.6 Å². The Bertz CT molecular complexity index is 2590. The lowest BCUT2D eigenvalue weighted by Crippen LogP contribution is -2.46. The van der Waals surface area contributed by atoms with E-state index in [1.54, 1.807) is 24.3 Å². The number of hydrogen-bond acceptors (Lipinski definition) is 10. The zero-order valence-corrected chi connectivity index (χ0v) is 46.4. The fourth-order valence-corrected chi connectivity index (χ4v) is 8.41. The van der Waals surface area contributed by atoms with Crippen LogP contribution < -0.4 is 31.9 Å². The van der Waals surface area contributed by atoms with E-state index in [4.69, 9.17) is 9.47 Å². The second-order valence-electron chi connectivity index (χ2n) is 19.6. The summed E-state index contributed by atoms with van der Waals surface area (Å²) in [4.78, 5) is 108. The van der Waals surface area contributed by atoms with E-state index in [0.29, 0.717) is 51.9 Å². The summed E-state index contributed by atoms with van der Waals surface area (Å²) in [5, 5.41) is 16.6. The second kappa shape index (κ2) is 37.3. The zero-order valence-electron chi connectivity index (χ0n) is 46.4. The number of carbonyl (C=O) groups is 8. The molecule has 5 aromatic rings. The molecule has 8 amide bonds. The summed E-state index contributed by atoms with van der Waals surface area (Å²) < 4.78 is 37.5. The van der Waals surface area contributed by atoms with Crippen LogP contribution in [0.3, 0.4) is 0 Å². The minimum Gasteiger partial charge on any atom is -0.445 e. The number of benzene rings is 5. The highest BCUT2D eigenvalue weighted by molar-refractivity contribution is 6.03. The van der Waals surface area contributed by atoms with Gasteiger partial charge in [0.25, 0.3) is 11.8 Å². The average molecular weight is 1130 g/mol. The smallest absolute Gasteiger partial charge is 0.407 e. The average Bonchev–Trinajstić information content (AvgIpc) is 3.48. The van der Waals surface area contributed by atoms with E-state index in [1.807, 2.05) is 60.7 Å². The Hall–Kier alpha value is -8.68. The molecule has 0 radical (unpaired) electrons. The van der Waals surface area contributed by atoms with Gasteiger partial charge in [-0.05, 0) is 103 Å². The van der Waals surface area contributed by atoms with Crippen molar-refractivity contribution in [2.75, 3.05) is 65.4 Å². The van der Waals surface area contributed by atoms with Gasteiger partial charge in [0.2, 0.25) is 23.6 Å². The molecular formula is C62H76F2N8O10. The van der Waals surface area contributed by atoms with E-state index < -0.39 is 85.4 Å². The lowest BCUT2D eigenvalue weighted by molar-refractivity contribution is -0.125. The quantitative estimate of drug-likeness (QED) is 0.0216. The maximum atomic E-state index is 14.3. The number of hydrogen-bond donors (Lipinski definition) is 6. The van der Waals surface area contributed by atoms with Gasteiger partial charge in [-0.25, -0.2) is 18.4 Å². The highest BCUT2D eigenvalue weighted by Crippen LogP contribution is 2.14. The minimum atomic E-state index is -0.739. The first-order valence-electron chi connectivity index (χ1n) is 27.9. The van der Waals surface area contributed by atoms with Gasteiger partial charge in [-0.3, -0.25) is 28.8 Å². The molecule has 0 aliphatic heterocycles. The van der Waals surface area contributed by atoms with Gasteiger partial charge < -0.3 is 51.2 Å². The molecule has 0 heterocycles. The maximum Gasteiger partial charge on any atom is 0.407 e. The molecule has 0 unspecified atom stereocenters. The molecule has 438 valence electrons. The number of unbranched alkanes of at least 4 members (excludes halogenated alkanes) is 8. The summed E-state index contributed by atoms with van der Waals surface area (Å²) in [6, 6.07) is 36.0. The maximum absolute atomic E-state index is 14.3. The van der Waals surface area contributed by atoms with Gasteiger partial charge in [-0.2, -0.15) is 0 Å². The monoisotopic (exact) mass is 1130 g/mol. The molecule has 18 nitrogen and oxygen atoms in total. The highest BCUT2D eigenvalue weighted by Gasteiger charge is 2.26. The summed E-state index contributed by atoms with van der Waals surface area (Å²) in [7, 11) is 0. The van der Waals surface area contributed by atoms with Crippen molar-refractivity contribution in [1.82, 2.24) is 41.7 Å². The third-order valence-electron chi connectivity index (χ3n) is 12.9. The van der Waals surface area contributed by atoms with Crippen LogP contribution in [-0.4, -0.2) is 123 Å². The van der Waals surface area contributed by atoms with Crippen LogP contribution in [0.15, 0.2) is 133 Å². The molecule has 0 aromatic heterocycles. The van der Waals surface area contributed by atoms with Gasteiger partial charge in [0.05, 0.1) is 0 Å². The molecule has 0 bridgehead atoms. The Labute approximate surface area is 478 Å². The van der Waals surface area contributed by atoms with Crippen LogP contribution in [0.1, 0.15) is 107 Å². The van der Waals surface area contributed by atoms with Crippen LogP contribution in [0.5, 0.6) is 0 Å². The molecule has 0 aliphatic rings. The van der Waals surface area contributed by atoms with E-state index >= 15 is 0 Å². The minimum absolute atomic E-state index is 0.0383. The number of amides is 8. The molecule has 0 saturated heterocycles. The Morgan fingerprint density at radius 1 is 0.341 bits per heavy atom. The fourth-order valence-electron chi connectivity index (χ4n) is 8.41. The molecule has 0 aliphatic carbocycles. The van der Waals surface area contributed by atoms with Gasteiger partial charge >= 0.3 is 12.2 Å². The lowest BCUT2D eigenvalue weighted by Gasteiger charge is -2.24. The normalized spacial score (nSPS) is 10.7. The number of ether oxygens (including phenoxy) is 2. The molecular weight excluding hydrogens is 1050 g/mol. The van der Waals surface area contributed by atoms with Crippen molar-refractivity contribution in [1.29, 1.82) is 0 Å². The molecule has 5 aromatic carbocycles. The molecule has 20 heteroatoms. The first-order valence-corrected chi connectivity index (χ1v) is 27.9. The van der Waals surface area contributed by atoms with E-state index in [9.17, 15) is 47.1 Å². The third-order valence-corrected chi connectivity index (χ3v) is 12.9. The molecule has 0 saturated carbocycles. The van der Waals surface area contributed by atoms with E-state index in [0.717, 1.165) is 83.4 Å². The second-order valence-corrected chi connectivity index (χ2v) is 19.6.